The molecule has 0 aromatic heterocycles. The van der Waals surface area contributed by atoms with E-state index in [1.54, 1.807) is 37.6 Å². The fourth-order valence-electron chi connectivity index (χ4n) is 3.04. The highest BCUT2D eigenvalue weighted by Crippen LogP contribution is 2.23. The van der Waals surface area contributed by atoms with E-state index in [9.17, 15) is 24.3 Å². The maximum atomic E-state index is 13.1. The van der Waals surface area contributed by atoms with Gasteiger partial charge in [-0.25, -0.2) is 4.79 Å². The largest absolute Gasteiger partial charge is 0.457 e. The van der Waals surface area contributed by atoms with E-state index in [1.807, 2.05) is 19.9 Å². The van der Waals surface area contributed by atoms with Gasteiger partial charge in [0.05, 0.1) is 12.1 Å². The predicted molar refractivity (Wildman–Crippen MR) is 139 cm³/mol. The number of aliphatic hydroxyl groups excluding tert-OH is 1. The van der Waals surface area contributed by atoms with E-state index in [-0.39, 0.29) is 17.6 Å². The highest BCUT2D eigenvalue weighted by atomic mass is 33.1. The van der Waals surface area contributed by atoms with Crippen LogP contribution in [-0.4, -0.2) is 76.7 Å². The van der Waals surface area contributed by atoms with Crippen LogP contribution in [0.4, 0.5) is 0 Å². The van der Waals surface area contributed by atoms with Crippen LogP contribution >= 0.6 is 21.6 Å². The van der Waals surface area contributed by atoms with Crippen molar-refractivity contribution in [3.05, 3.63) is 12.2 Å². The third-order valence-electron chi connectivity index (χ3n) is 5.33. The van der Waals surface area contributed by atoms with E-state index in [2.05, 4.69) is 16.0 Å². The third-order valence-corrected chi connectivity index (χ3v) is 7.78. The number of ether oxygens (including phenoxy) is 1. The van der Waals surface area contributed by atoms with Crippen LogP contribution in [0.2, 0.25) is 0 Å². The Balaban J connectivity index is 3.07. The van der Waals surface area contributed by atoms with Crippen molar-refractivity contribution in [2.75, 3.05) is 11.5 Å². The van der Waals surface area contributed by atoms with Crippen molar-refractivity contribution < 1.29 is 29.0 Å². The molecule has 6 N–H and O–H groups in total. The van der Waals surface area contributed by atoms with Crippen LogP contribution in [0.15, 0.2) is 12.2 Å². The van der Waals surface area contributed by atoms with E-state index >= 15 is 0 Å². The van der Waals surface area contributed by atoms with Gasteiger partial charge in [0.15, 0.2) is 6.04 Å². The van der Waals surface area contributed by atoms with Crippen molar-refractivity contribution in [3.63, 3.8) is 0 Å². The quantitative estimate of drug-likeness (QED) is 0.181. The number of esters is 1. The zero-order valence-corrected chi connectivity index (χ0v) is 22.9. The number of rotatable bonds is 7. The molecular formula is C23H40N4O6S2. The molecule has 0 aliphatic carbocycles. The summed E-state index contributed by atoms with van der Waals surface area (Å²) in [6, 6.07) is -4.00. The summed E-state index contributed by atoms with van der Waals surface area (Å²) in [4.78, 5) is 51.2. The third kappa shape index (κ3) is 10.8. The van der Waals surface area contributed by atoms with Crippen LogP contribution in [0.3, 0.4) is 0 Å². The Morgan fingerprint density at radius 2 is 1.80 bits per heavy atom. The molecule has 0 spiro atoms. The SMILES string of the molecule is CC(O)[C@@H]1NC(=O)[C@H](NC(=O)[C@H](NC(=O)[C@H](N)C(C)C)C(C)C)CSSCC/C=C/[C@H](C)OC1=O. The van der Waals surface area contributed by atoms with Crippen molar-refractivity contribution in [1.82, 2.24) is 16.0 Å². The summed E-state index contributed by atoms with van der Waals surface area (Å²) in [5, 5.41) is 18.0. The number of hydrogen-bond donors (Lipinski definition) is 5. The molecule has 35 heavy (non-hydrogen) atoms. The molecule has 6 atom stereocenters. The average Bonchev–Trinajstić information content (AvgIpc) is 2.77. The van der Waals surface area contributed by atoms with Crippen molar-refractivity contribution >= 4 is 45.3 Å². The molecular weight excluding hydrogens is 492 g/mol. The number of cyclic esters (lactones) is 1. The first-order chi connectivity index (χ1) is 16.3. The molecule has 1 heterocycles. The molecule has 12 heteroatoms. The van der Waals surface area contributed by atoms with Gasteiger partial charge in [-0.3, -0.25) is 14.4 Å². The Morgan fingerprint density at radius 3 is 2.37 bits per heavy atom. The number of aliphatic hydroxyl groups is 1. The Kier molecular flexibility index (Phi) is 13.7. The van der Waals surface area contributed by atoms with Gasteiger partial charge in [0.2, 0.25) is 17.7 Å². The molecule has 1 rings (SSSR count). The van der Waals surface area contributed by atoms with Crippen LogP contribution < -0.4 is 21.7 Å². The lowest BCUT2D eigenvalue weighted by molar-refractivity contribution is -0.153. The molecule has 200 valence electrons. The monoisotopic (exact) mass is 532 g/mol. The van der Waals surface area contributed by atoms with E-state index < -0.39 is 60.1 Å². The predicted octanol–water partition coefficient (Wildman–Crippen LogP) is 0.734. The van der Waals surface area contributed by atoms with Gasteiger partial charge in [-0.1, -0.05) is 55.4 Å². The number of amides is 3. The van der Waals surface area contributed by atoms with Gasteiger partial charge in [-0.05, 0) is 38.2 Å². The fraction of sp³-hybridized carbons (Fsp3) is 0.739. The minimum atomic E-state index is -1.30. The van der Waals surface area contributed by atoms with Crippen LogP contribution in [0.25, 0.3) is 0 Å². The summed E-state index contributed by atoms with van der Waals surface area (Å²) in [7, 11) is 2.95. The highest BCUT2D eigenvalue weighted by molar-refractivity contribution is 8.76. The fourth-order valence-corrected chi connectivity index (χ4v) is 5.19. The number of nitrogens with two attached hydrogens (primary N) is 1. The number of carbonyl (C=O) groups is 4. The molecule has 1 unspecified atom stereocenters. The van der Waals surface area contributed by atoms with Gasteiger partial charge in [0.1, 0.15) is 18.2 Å². The molecule has 3 amide bonds. The summed E-state index contributed by atoms with van der Waals surface area (Å²) in [6.45, 7) is 10.2. The van der Waals surface area contributed by atoms with E-state index in [0.717, 1.165) is 12.2 Å². The summed E-state index contributed by atoms with van der Waals surface area (Å²) >= 11 is 0. The van der Waals surface area contributed by atoms with Gasteiger partial charge in [0.25, 0.3) is 0 Å². The molecule has 0 saturated carbocycles. The molecule has 1 aliphatic rings. The molecule has 0 bridgehead atoms. The second-order valence-corrected chi connectivity index (χ2v) is 11.9. The molecule has 1 aliphatic heterocycles. The van der Waals surface area contributed by atoms with Gasteiger partial charge >= 0.3 is 5.97 Å². The number of carbonyl (C=O) groups excluding carboxylic acids is 4. The molecule has 0 saturated heterocycles. The minimum absolute atomic E-state index is 0.112. The highest BCUT2D eigenvalue weighted by Gasteiger charge is 2.34. The van der Waals surface area contributed by atoms with E-state index in [1.165, 1.54) is 17.7 Å². The Morgan fingerprint density at radius 1 is 1.14 bits per heavy atom. The number of allylic oxidation sites excluding steroid dienone is 1. The maximum Gasteiger partial charge on any atom is 0.331 e. The van der Waals surface area contributed by atoms with Gasteiger partial charge in [-0.15, -0.1) is 0 Å². The van der Waals surface area contributed by atoms with Crippen LogP contribution in [0.1, 0.15) is 48.0 Å². The van der Waals surface area contributed by atoms with Crippen LogP contribution in [0, 0.1) is 11.8 Å². The smallest absolute Gasteiger partial charge is 0.331 e. The van der Waals surface area contributed by atoms with E-state index in [0.29, 0.717) is 0 Å². The molecule has 0 radical (unpaired) electrons. The first-order valence-electron chi connectivity index (χ1n) is 11.8. The zero-order valence-electron chi connectivity index (χ0n) is 21.3. The topological polar surface area (TPSA) is 160 Å². The van der Waals surface area contributed by atoms with Crippen LogP contribution in [-0.2, 0) is 23.9 Å². The Bertz CT molecular complexity index is 762. The maximum absolute atomic E-state index is 13.1. The molecule has 0 aromatic rings. The lowest BCUT2D eigenvalue weighted by atomic mass is 10.00. The van der Waals surface area contributed by atoms with Gasteiger partial charge < -0.3 is 31.5 Å². The molecule has 0 aromatic carbocycles. The first-order valence-corrected chi connectivity index (χ1v) is 14.3. The van der Waals surface area contributed by atoms with Crippen molar-refractivity contribution in [3.8, 4) is 0 Å². The van der Waals surface area contributed by atoms with Crippen molar-refractivity contribution in [2.24, 2.45) is 17.6 Å². The summed E-state index contributed by atoms with van der Waals surface area (Å²) in [5.41, 5.74) is 5.92. The summed E-state index contributed by atoms with van der Waals surface area (Å²) in [6.07, 6.45) is 2.66. The minimum Gasteiger partial charge on any atom is -0.457 e. The second-order valence-electron chi connectivity index (χ2n) is 9.25. The van der Waals surface area contributed by atoms with Gasteiger partial charge in [-0.2, -0.15) is 0 Å². The normalized spacial score (nSPS) is 26.1. The number of nitrogens with one attached hydrogen (secondary N) is 3. The molecule has 0 fully saturated rings. The van der Waals surface area contributed by atoms with Crippen LogP contribution in [0.5, 0.6) is 0 Å². The lowest BCUT2D eigenvalue weighted by Gasteiger charge is -2.28. The number of hydrogen-bond acceptors (Lipinski definition) is 9. The lowest BCUT2D eigenvalue weighted by Crippen LogP contribution is -2.60. The standard InChI is InChI=1S/C23H40N4O6S2/c1-12(2)17(24)21(30)26-18(13(3)4)22(31)25-16-11-35-34-10-8-7-9-14(5)33-23(32)19(15(6)28)27-20(16)29/h7,9,12-19,28H,8,10-11,24H2,1-6H3,(H,25,31)(H,26,30)(H,27,29)/b9-7+/t14-,15?,16+,17+,18+,19-/m0/s1. The van der Waals surface area contributed by atoms with E-state index in [4.69, 9.17) is 10.5 Å². The zero-order chi connectivity index (χ0) is 26.7. The summed E-state index contributed by atoms with van der Waals surface area (Å²) in [5.74, 6) is -1.80. The average molecular weight is 533 g/mol. The Labute approximate surface area is 215 Å². The molecule has 10 nitrogen and oxygen atoms in total. The first kappa shape index (κ1) is 31.3. The summed E-state index contributed by atoms with van der Waals surface area (Å²) < 4.78 is 5.33. The van der Waals surface area contributed by atoms with Crippen molar-refractivity contribution in [2.45, 2.75) is 84.3 Å². The second kappa shape index (κ2) is 15.4. The Hall–Kier alpha value is -1.76. The van der Waals surface area contributed by atoms with Gasteiger partial charge in [0, 0.05) is 11.5 Å². The van der Waals surface area contributed by atoms with Crippen molar-refractivity contribution in [1.29, 1.82) is 0 Å².